The highest BCUT2D eigenvalue weighted by molar-refractivity contribution is 5.95. The van der Waals surface area contributed by atoms with E-state index in [4.69, 9.17) is 0 Å². The van der Waals surface area contributed by atoms with Crippen LogP contribution in [0.5, 0.6) is 0 Å². The van der Waals surface area contributed by atoms with Gasteiger partial charge >= 0.3 is 6.18 Å². The van der Waals surface area contributed by atoms with E-state index in [1.165, 1.54) is 16.9 Å². The van der Waals surface area contributed by atoms with Gasteiger partial charge in [0.15, 0.2) is 5.82 Å². The number of pyridine rings is 2. The van der Waals surface area contributed by atoms with Crippen LogP contribution in [0.4, 0.5) is 13.2 Å². The maximum atomic E-state index is 12.6. The van der Waals surface area contributed by atoms with Crippen LogP contribution in [-0.2, 0) is 12.7 Å². The maximum absolute atomic E-state index is 12.6. The van der Waals surface area contributed by atoms with Gasteiger partial charge in [0.05, 0.1) is 35.3 Å². The van der Waals surface area contributed by atoms with Gasteiger partial charge in [0.25, 0.3) is 5.91 Å². The lowest BCUT2D eigenvalue weighted by molar-refractivity contribution is -0.137. The van der Waals surface area contributed by atoms with E-state index in [0.717, 1.165) is 12.3 Å². The first-order chi connectivity index (χ1) is 12.4. The zero-order valence-electron chi connectivity index (χ0n) is 13.7. The molecular formula is C17H14F3N5O. The fourth-order valence-electron chi connectivity index (χ4n) is 2.31. The molecule has 0 fully saturated rings. The highest BCUT2D eigenvalue weighted by Crippen LogP contribution is 2.28. The summed E-state index contributed by atoms with van der Waals surface area (Å²) in [6.45, 7) is 1.89. The Morgan fingerprint density at radius 3 is 2.58 bits per heavy atom. The Morgan fingerprint density at radius 2 is 1.96 bits per heavy atom. The van der Waals surface area contributed by atoms with Crippen LogP contribution in [0.2, 0.25) is 0 Å². The minimum absolute atomic E-state index is 0.194. The van der Waals surface area contributed by atoms with Crippen LogP contribution < -0.4 is 5.32 Å². The summed E-state index contributed by atoms with van der Waals surface area (Å²) in [7, 11) is 0. The number of nitrogens with zero attached hydrogens (tertiary/aromatic N) is 4. The standard InChI is InChI=1S/C17H14F3N5O/c1-11-14(16(26)23-9-13-4-2-3-7-21-13)10-24-25(11)15-6-5-12(8-22-15)17(18,19)20/h2-8,10H,9H2,1H3,(H,23,26). The van der Waals surface area contributed by atoms with Gasteiger partial charge in [-0.25, -0.2) is 9.67 Å². The van der Waals surface area contributed by atoms with Crippen LogP contribution in [-0.4, -0.2) is 25.7 Å². The number of nitrogens with one attached hydrogen (secondary N) is 1. The molecule has 0 aliphatic heterocycles. The second-order valence-corrected chi connectivity index (χ2v) is 5.46. The summed E-state index contributed by atoms with van der Waals surface area (Å²) in [6, 6.07) is 7.50. The molecule has 9 heteroatoms. The molecule has 0 atom stereocenters. The van der Waals surface area contributed by atoms with E-state index in [0.29, 0.717) is 17.0 Å². The van der Waals surface area contributed by atoms with Gasteiger partial charge in [-0.3, -0.25) is 9.78 Å². The normalized spacial score (nSPS) is 11.4. The van der Waals surface area contributed by atoms with Gasteiger partial charge in [-0.05, 0) is 31.2 Å². The molecule has 0 aliphatic rings. The van der Waals surface area contributed by atoms with E-state index in [1.54, 1.807) is 25.3 Å². The van der Waals surface area contributed by atoms with E-state index in [1.807, 2.05) is 6.07 Å². The molecule has 1 amide bonds. The lowest BCUT2D eigenvalue weighted by atomic mass is 10.2. The van der Waals surface area contributed by atoms with Crippen molar-refractivity contribution in [2.45, 2.75) is 19.6 Å². The molecule has 0 radical (unpaired) electrons. The van der Waals surface area contributed by atoms with Gasteiger partial charge in [-0.2, -0.15) is 18.3 Å². The van der Waals surface area contributed by atoms with E-state index >= 15 is 0 Å². The summed E-state index contributed by atoms with van der Waals surface area (Å²) in [5, 5.41) is 6.78. The van der Waals surface area contributed by atoms with Gasteiger partial charge in [0, 0.05) is 12.4 Å². The molecule has 0 saturated carbocycles. The van der Waals surface area contributed by atoms with Crippen molar-refractivity contribution in [3.63, 3.8) is 0 Å². The third kappa shape index (κ3) is 3.71. The summed E-state index contributed by atoms with van der Waals surface area (Å²) in [6.07, 6.45) is -0.748. The number of aromatic nitrogens is 4. The Morgan fingerprint density at radius 1 is 1.15 bits per heavy atom. The van der Waals surface area contributed by atoms with Crippen LogP contribution >= 0.6 is 0 Å². The zero-order chi connectivity index (χ0) is 18.7. The van der Waals surface area contributed by atoms with Crippen molar-refractivity contribution in [2.24, 2.45) is 0 Å². The summed E-state index contributed by atoms with van der Waals surface area (Å²) >= 11 is 0. The molecule has 3 aromatic heterocycles. The molecule has 3 aromatic rings. The monoisotopic (exact) mass is 361 g/mol. The van der Waals surface area contributed by atoms with Crippen molar-refractivity contribution >= 4 is 5.91 Å². The fourth-order valence-corrected chi connectivity index (χ4v) is 2.31. The average Bonchev–Trinajstić information content (AvgIpc) is 3.01. The lowest BCUT2D eigenvalue weighted by Crippen LogP contribution is -2.23. The molecule has 26 heavy (non-hydrogen) atoms. The lowest BCUT2D eigenvalue weighted by Gasteiger charge is -2.08. The number of carbonyl (C=O) groups is 1. The Hall–Kier alpha value is -3.23. The molecule has 0 aromatic carbocycles. The number of rotatable bonds is 4. The van der Waals surface area contributed by atoms with Gasteiger partial charge in [-0.1, -0.05) is 6.07 Å². The quantitative estimate of drug-likeness (QED) is 0.776. The fraction of sp³-hybridized carbons (Fsp3) is 0.176. The maximum Gasteiger partial charge on any atom is 0.417 e. The van der Waals surface area contributed by atoms with Gasteiger partial charge in [0.2, 0.25) is 0 Å². The second-order valence-electron chi connectivity index (χ2n) is 5.46. The Kier molecular flexibility index (Phi) is 4.70. The van der Waals surface area contributed by atoms with Crippen molar-refractivity contribution in [1.29, 1.82) is 0 Å². The smallest absolute Gasteiger partial charge is 0.346 e. The third-order valence-corrected chi connectivity index (χ3v) is 3.70. The zero-order valence-corrected chi connectivity index (χ0v) is 13.7. The highest BCUT2D eigenvalue weighted by atomic mass is 19.4. The van der Waals surface area contributed by atoms with Crippen LogP contribution in [0.15, 0.2) is 48.9 Å². The van der Waals surface area contributed by atoms with Crippen molar-refractivity contribution in [1.82, 2.24) is 25.1 Å². The summed E-state index contributed by atoms with van der Waals surface area (Å²) < 4.78 is 39.2. The Balaban J connectivity index is 1.76. The van der Waals surface area contributed by atoms with Crippen molar-refractivity contribution < 1.29 is 18.0 Å². The molecular weight excluding hydrogens is 347 g/mol. The number of hydrogen-bond acceptors (Lipinski definition) is 4. The second kappa shape index (κ2) is 6.95. The Bertz CT molecular complexity index is 904. The number of carbonyl (C=O) groups excluding carboxylic acids is 1. The molecule has 3 heterocycles. The van der Waals surface area contributed by atoms with Crippen LogP contribution in [0.1, 0.15) is 27.3 Å². The predicted molar refractivity (Wildman–Crippen MR) is 86.5 cm³/mol. The summed E-state index contributed by atoms with van der Waals surface area (Å²) in [5.74, 6) is -0.161. The molecule has 134 valence electrons. The molecule has 0 saturated heterocycles. The SMILES string of the molecule is Cc1c(C(=O)NCc2ccccn2)cnn1-c1ccc(C(F)(F)F)cn1. The van der Waals surface area contributed by atoms with Gasteiger partial charge in [0.1, 0.15) is 0 Å². The van der Waals surface area contributed by atoms with Crippen molar-refractivity contribution in [3.05, 3.63) is 71.4 Å². The molecule has 0 spiro atoms. The largest absolute Gasteiger partial charge is 0.417 e. The molecule has 0 unspecified atom stereocenters. The van der Waals surface area contributed by atoms with E-state index < -0.39 is 11.7 Å². The molecule has 0 aliphatic carbocycles. The van der Waals surface area contributed by atoms with Gasteiger partial charge in [-0.15, -0.1) is 0 Å². The third-order valence-electron chi connectivity index (χ3n) is 3.70. The van der Waals surface area contributed by atoms with Gasteiger partial charge < -0.3 is 5.32 Å². The van der Waals surface area contributed by atoms with Crippen molar-refractivity contribution in [3.8, 4) is 5.82 Å². The van der Waals surface area contributed by atoms with E-state index in [-0.39, 0.29) is 18.3 Å². The number of hydrogen-bond donors (Lipinski definition) is 1. The molecule has 3 rings (SSSR count). The first-order valence-corrected chi connectivity index (χ1v) is 7.62. The summed E-state index contributed by atoms with van der Waals surface area (Å²) in [4.78, 5) is 20.2. The molecule has 6 nitrogen and oxygen atoms in total. The predicted octanol–water partition coefficient (Wildman–Crippen LogP) is 2.92. The number of amides is 1. The number of halogens is 3. The highest BCUT2D eigenvalue weighted by Gasteiger charge is 2.30. The number of alkyl halides is 3. The van der Waals surface area contributed by atoms with Crippen LogP contribution in [0.25, 0.3) is 5.82 Å². The van der Waals surface area contributed by atoms with Crippen LogP contribution in [0.3, 0.4) is 0 Å². The molecule has 0 bridgehead atoms. The Labute approximate surface area is 146 Å². The minimum atomic E-state index is -4.46. The first kappa shape index (κ1) is 17.6. The minimum Gasteiger partial charge on any atom is -0.346 e. The average molecular weight is 361 g/mol. The molecule has 1 N–H and O–H groups in total. The summed E-state index contributed by atoms with van der Waals surface area (Å²) in [5.41, 5.74) is 0.632. The van der Waals surface area contributed by atoms with Crippen LogP contribution in [0, 0.1) is 6.92 Å². The topological polar surface area (TPSA) is 72.7 Å². The van der Waals surface area contributed by atoms with E-state index in [2.05, 4.69) is 20.4 Å². The van der Waals surface area contributed by atoms with E-state index in [9.17, 15) is 18.0 Å². The van der Waals surface area contributed by atoms with Crippen molar-refractivity contribution in [2.75, 3.05) is 0 Å². The first-order valence-electron chi connectivity index (χ1n) is 7.62.